The zero-order valence-corrected chi connectivity index (χ0v) is 24.0. The average Bonchev–Trinajstić information content (AvgIpc) is 3.34. The maximum Gasteiger partial charge on any atom is 0.251 e. The maximum absolute atomic E-state index is 15.3. The van der Waals surface area contributed by atoms with Crippen LogP contribution in [-0.2, 0) is 10.2 Å². The molecular weight excluding hydrogens is 546 g/mol. The monoisotopic (exact) mass is 575 g/mol. The minimum Gasteiger partial charge on any atom is -0.507 e. The number of carbonyl (C=O) groups is 1. The van der Waals surface area contributed by atoms with Gasteiger partial charge in [-0.2, -0.15) is 0 Å². The highest BCUT2D eigenvalue weighted by Crippen LogP contribution is 2.54. The van der Waals surface area contributed by atoms with Crippen LogP contribution < -0.4 is 9.64 Å². The first-order valence-electron chi connectivity index (χ1n) is 14.4. The van der Waals surface area contributed by atoms with Gasteiger partial charge in [0.1, 0.15) is 22.7 Å². The summed E-state index contributed by atoms with van der Waals surface area (Å²) >= 11 is 0. The van der Waals surface area contributed by atoms with Crippen molar-refractivity contribution in [1.29, 1.82) is 0 Å². The first kappa shape index (κ1) is 27.0. The molecule has 5 nitrogen and oxygen atoms in total. The van der Waals surface area contributed by atoms with Crippen molar-refractivity contribution >= 4 is 17.3 Å². The normalized spacial score (nSPS) is 13.5. The Morgan fingerprint density at radius 3 is 1.61 bits per heavy atom. The molecule has 0 saturated heterocycles. The summed E-state index contributed by atoms with van der Waals surface area (Å²) in [5.41, 5.74) is 5.28. The molecule has 0 unspecified atom stereocenters. The smallest absolute Gasteiger partial charge is 0.251 e. The Hall–Kier alpha value is -5.81. The van der Waals surface area contributed by atoms with E-state index in [2.05, 4.69) is 0 Å². The molecule has 1 amide bonds. The standard InChI is InChI=1S/C39H29NO4/c1-44-31-20-18-30(19-21-31)40-35-15-9-8-14-34(35)39(38(40)43,28-16-22-36(41)32(24-28)26-10-4-2-5-11-26)29-17-23-37(42)33(25-29)27-12-6-3-7-13-27/h2-25,41-42H,1H3. The van der Waals surface area contributed by atoms with Gasteiger partial charge in [-0.05, 0) is 76.9 Å². The van der Waals surface area contributed by atoms with Gasteiger partial charge in [0, 0.05) is 22.4 Å². The molecule has 6 aromatic carbocycles. The van der Waals surface area contributed by atoms with Crippen LogP contribution >= 0.6 is 0 Å². The molecule has 2 N–H and O–H groups in total. The van der Waals surface area contributed by atoms with Crippen LogP contribution in [0.15, 0.2) is 146 Å². The van der Waals surface area contributed by atoms with Gasteiger partial charge < -0.3 is 14.9 Å². The van der Waals surface area contributed by atoms with Crippen LogP contribution in [0, 0.1) is 0 Å². The molecule has 6 aromatic rings. The number of fused-ring (bicyclic) bond motifs is 1. The van der Waals surface area contributed by atoms with Crippen LogP contribution in [0.1, 0.15) is 16.7 Å². The van der Waals surface area contributed by atoms with Crippen molar-refractivity contribution in [2.75, 3.05) is 12.0 Å². The van der Waals surface area contributed by atoms with Crippen molar-refractivity contribution in [3.63, 3.8) is 0 Å². The van der Waals surface area contributed by atoms with Gasteiger partial charge in [-0.3, -0.25) is 9.69 Å². The second kappa shape index (κ2) is 10.8. The molecule has 214 valence electrons. The van der Waals surface area contributed by atoms with Crippen molar-refractivity contribution in [3.05, 3.63) is 162 Å². The summed E-state index contributed by atoms with van der Waals surface area (Å²) in [6, 6.07) is 45.3. The van der Waals surface area contributed by atoms with Gasteiger partial charge in [0.2, 0.25) is 0 Å². The Labute approximate surface area is 255 Å². The average molecular weight is 576 g/mol. The number of amides is 1. The third kappa shape index (κ3) is 4.21. The number of anilines is 2. The van der Waals surface area contributed by atoms with E-state index in [0.717, 1.165) is 22.4 Å². The summed E-state index contributed by atoms with van der Waals surface area (Å²) in [4.78, 5) is 17.0. The lowest BCUT2D eigenvalue weighted by Crippen LogP contribution is -2.40. The number of phenolic OH excluding ortho intramolecular Hbond substituents is 2. The SMILES string of the molecule is COc1ccc(N2C(=O)C(c3ccc(O)c(-c4ccccc4)c3)(c3ccc(O)c(-c4ccccc4)c3)c3ccccc32)cc1. The largest absolute Gasteiger partial charge is 0.507 e. The molecule has 0 aliphatic carbocycles. The molecule has 44 heavy (non-hydrogen) atoms. The number of carbonyl (C=O) groups excluding carboxylic acids is 1. The molecule has 0 bridgehead atoms. The lowest BCUT2D eigenvalue weighted by atomic mass is 9.69. The highest BCUT2D eigenvalue weighted by molar-refractivity contribution is 6.17. The zero-order chi connectivity index (χ0) is 30.3. The molecular formula is C39H29NO4. The van der Waals surface area contributed by atoms with Gasteiger partial charge in [0.15, 0.2) is 0 Å². The number of phenols is 2. The molecule has 1 heterocycles. The van der Waals surface area contributed by atoms with Crippen LogP contribution in [0.5, 0.6) is 17.2 Å². The first-order valence-corrected chi connectivity index (χ1v) is 14.4. The molecule has 0 radical (unpaired) electrons. The molecule has 0 atom stereocenters. The topological polar surface area (TPSA) is 70.0 Å². The number of aromatic hydroxyl groups is 2. The molecule has 0 saturated carbocycles. The molecule has 0 spiro atoms. The number of para-hydroxylation sites is 1. The fourth-order valence-electron chi connectivity index (χ4n) is 6.33. The van der Waals surface area contributed by atoms with E-state index >= 15 is 4.79 Å². The predicted octanol–water partition coefficient (Wildman–Crippen LogP) is 8.45. The van der Waals surface area contributed by atoms with Crippen molar-refractivity contribution in [1.82, 2.24) is 0 Å². The molecule has 0 fully saturated rings. The Morgan fingerprint density at radius 1 is 0.591 bits per heavy atom. The molecule has 1 aliphatic rings. The van der Waals surface area contributed by atoms with Gasteiger partial charge in [-0.1, -0.05) is 91.0 Å². The number of hydrogen-bond acceptors (Lipinski definition) is 4. The van der Waals surface area contributed by atoms with Crippen molar-refractivity contribution < 1.29 is 19.7 Å². The number of nitrogens with zero attached hydrogens (tertiary/aromatic N) is 1. The van der Waals surface area contributed by atoms with Crippen LogP contribution in [0.4, 0.5) is 11.4 Å². The van der Waals surface area contributed by atoms with Gasteiger partial charge >= 0.3 is 0 Å². The van der Waals surface area contributed by atoms with Crippen molar-refractivity contribution in [3.8, 4) is 39.5 Å². The number of rotatable bonds is 6. The van der Waals surface area contributed by atoms with E-state index in [-0.39, 0.29) is 17.4 Å². The van der Waals surface area contributed by atoms with Crippen LogP contribution in [0.3, 0.4) is 0 Å². The Morgan fingerprint density at radius 2 is 1.09 bits per heavy atom. The third-order valence-corrected chi connectivity index (χ3v) is 8.43. The molecule has 7 rings (SSSR count). The minimum atomic E-state index is -1.30. The van der Waals surface area contributed by atoms with E-state index in [9.17, 15) is 10.2 Å². The molecule has 0 aromatic heterocycles. The highest BCUT2D eigenvalue weighted by atomic mass is 16.5. The summed E-state index contributed by atoms with van der Waals surface area (Å²) in [5, 5.41) is 22.0. The van der Waals surface area contributed by atoms with Gasteiger partial charge in [0.25, 0.3) is 5.91 Å². The van der Waals surface area contributed by atoms with E-state index in [1.165, 1.54) is 0 Å². The number of ether oxygens (including phenoxy) is 1. The fraction of sp³-hybridized carbons (Fsp3) is 0.0513. The van der Waals surface area contributed by atoms with Gasteiger partial charge in [-0.15, -0.1) is 0 Å². The summed E-state index contributed by atoms with van der Waals surface area (Å²) in [6.45, 7) is 0. The van der Waals surface area contributed by atoms with Crippen LogP contribution in [-0.4, -0.2) is 23.2 Å². The summed E-state index contributed by atoms with van der Waals surface area (Å²) in [7, 11) is 1.61. The lowest BCUT2D eigenvalue weighted by molar-refractivity contribution is -0.120. The van der Waals surface area contributed by atoms with E-state index in [1.54, 1.807) is 24.1 Å². The summed E-state index contributed by atoms with van der Waals surface area (Å²) < 4.78 is 5.39. The van der Waals surface area contributed by atoms with Crippen molar-refractivity contribution in [2.24, 2.45) is 0 Å². The summed E-state index contributed by atoms with van der Waals surface area (Å²) in [5.74, 6) is 0.767. The quantitative estimate of drug-likeness (QED) is 0.209. The Bertz CT molecular complexity index is 1900. The summed E-state index contributed by atoms with van der Waals surface area (Å²) in [6.07, 6.45) is 0. The molecule has 1 aliphatic heterocycles. The number of hydrogen-bond donors (Lipinski definition) is 2. The van der Waals surface area contributed by atoms with Crippen LogP contribution in [0.2, 0.25) is 0 Å². The van der Waals surface area contributed by atoms with Crippen LogP contribution in [0.25, 0.3) is 22.3 Å². The van der Waals surface area contributed by atoms with E-state index in [1.807, 2.05) is 133 Å². The number of benzene rings is 6. The first-order chi connectivity index (χ1) is 21.5. The van der Waals surface area contributed by atoms with E-state index < -0.39 is 5.41 Å². The van der Waals surface area contributed by atoms with Gasteiger partial charge in [0.05, 0.1) is 12.8 Å². The molecule has 5 heteroatoms. The Kier molecular flexibility index (Phi) is 6.63. The van der Waals surface area contributed by atoms with Gasteiger partial charge in [-0.25, -0.2) is 0 Å². The lowest BCUT2D eigenvalue weighted by Gasteiger charge is -2.31. The predicted molar refractivity (Wildman–Crippen MR) is 174 cm³/mol. The number of methoxy groups -OCH3 is 1. The highest BCUT2D eigenvalue weighted by Gasteiger charge is 2.54. The van der Waals surface area contributed by atoms with E-state index in [0.29, 0.717) is 33.7 Å². The Balaban J connectivity index is 1.54. The second-order valence-electron chi connectivity index (χ2n) is 10.8. The van der Waals surface area contributed by atoms with Crippen molar-refractivity contribution in [2.45, 2.75) is 5.41 Å². The maximum atomic E-state index is 15.3. The second-order valence-corrected chi connectivity index (χ2v) is 10.8. The fourth-order valence-corrected chi connectivity index (χ4v) is 6.33. The van der Waals surface area contributed by atoms with E-state index in [4.69, 9.17) is 4.74 Å². The zero-order valence-electron chi connectivity index (χ0n) is 24.0. The minimum absolute atomic E-state index is 0.122. The third-order valence-electron chi connectivity index (χ3n) is 8.43.